The number of aliphatic hydroxyl groups excluding tert-OH is 2. The molecule has 4 N–H and O–H groups in total. The van der Waals surface area contributed by atoms with Crippen LogP contribution in [0, 0.1) is 6.92 Å². The minimum atomic E-state index is -1.02. The third-order valence-electron chi connectivity index (χ3n) is 7.13. The van der Waals surface area contributed by atoms with Crippen molar-refractivity contribution in [1.82, 2.24) is 24.7 Å². The predicted octanol–water partition coefficient (Wildman–Crippen LogP) is 2.78. The summed E-state index contributed by atoms with van der Waals surface area (Å²) in [4.78, 5) is 16.2. The number of aromatic nitrogens is 4. The van der Waals surface area contributed by atoms with E-state index in [4.69, 9.17) is 4.74 Å². The summed E-state index contributed by atoms with van der Waals surface area (Å²) in [6.07, 6.45) is 6.99. The van der Waals surface area contributed by atoms with E-state index in [-0.39, 0.29) is 12.2 Å². The first-order chi connectivity index (χ1) is 17.8. The van der Waals surface area contributed by atoms with E-state index in [1.54, 1.807) is 12.4 Å². The molecule has 4 aromatic rings. The average molecular weight is 504 g/mol. The number of hydrogen-bond acceptors (Lipinski definition) is 9. The maximum absolute atomic E-state index is 11.3. The number of benzene rings is 1. The Hall–Kier alpha value is -3.47. The minimum Gasteiger partial charge on any atom is -0.486 e. The molecule has 2 fully saturated rings. The van der Waals surface area contributed by atoms with Crippen LogP contribution in [0.3, 0.4) is 0 Å². The molecule has 0 spiro atoms. The number of aryl methyl sites for hydroxylation is 1. The van der Waals surface area contributed by atoms with Crippen molar-refractivity contribution in [3.63, 3.8) is 0 Å². The Morgan fingerprint density at radius 1 is 1.08 bits per heavy atom. The lowest BCUT2D eigenvalue weighted by atomic mass is 9.92. The van der Waals surface area contributed by atoms with Crippen molar-refractivity contribution in [3.8, 4) is 5.75 Å². The topological polar surface area (TPSA) is 120 Å². The maximum atomic E-state index is 11.3. The molecule has 6 rings (SSSR count). The molecule has 3 atom stereocenters. The van der Waals surface area contributed by atoms with Crippen molar-refractivity contribution in [2.24, 2.45) is 0 Å². The Kier molecular flexibility index (Phi) is 6.10. The third-order valence-corrected chi connectivity index (χ3v) is 7.13. The van der Waals surface area contributed by atoms with Gasteiger partial charge in [-0.05, 0) is 26.8 Å². The lowest BCUT2D eigenvalue weighted by Gasteiger charge is -2.38. The van der Waals surface area contributed by atoms with Gasteiger partial charge in [-0.15, -0.1) is 0 Å². The van der Waals surface area contributed by atoms with Gasteiger partial charge in [0.2, 0.25) is 0 Å². The summed E-state index contributed by atoms with van der Waals surface area (Å²) in [7, 11) is 0. The van der Waals surface area contributed by atoms with Gasteiger partial charge < -0.3 is 34.9 Å². The fourth-order valence-corrected chi connectivity index (χ4v) is 5.47. The standard InChI is InChI=1S/C27H33N7O3/c1-15-11-33(12-16(2)30-15)22-5-4-21(24-25(22)29-7-6-28-24)27(36)32-18-8-23(37-20-9-19(35)10-20)26-31-17(3)13-34(26)14-18/h4-8,13-16,19-20,27,30,32,35-36H,9-12H2,1-3H3/t15-,16+,19?,20?,27?. The van der Waals surface area contributed by atoms with Crippen LogP contribution < -0.4 is 20.3 Å². The third kappa shape index (κ3) is 4.68. The molecule has 1 saturated heterocycles. The Labute approximate surface area is 215 Å². The van der Waals surface area contributed by atoms with Crippen LogP contribution in [0.2, 0.25) is 0 Å². The van der Waals surface area contributed by atoms with Gasteiger partial charge in [0.05, 0.1) is 28.7 Å². The fraction of sp³-hybridized carbons (Fsp3) is 0.444. The van der Waals surface area contributed by atoms with Crippen molar-refractivity contribution in [2.75, 3.05) is 23.3 Å². The lowest BCUT2D eigenvalue weighted by molar-refractivity contribution is -0.0103. The number of fused-ring (bicyclic) bond motifs is 2. The van der Waals surface area contributed by atoms with Gasteiger partial charge in [-0.25, -0.2) is 4.98 Å². The van der Waals surface area contributed by atoms with Crippen LogP contribution in [-0.2, 0) is 0 Å². The van der Waals surface area contributed by atoms with Crippen LogP contribution >= 0.6 is 0 Å². The van der Waals surface area contributed by atoms with Crippen molar-refractivity contribution in [1.29, 1.82) is 0 Å². The monoisotopic (exact) mass is 503 g/mol. The first-order valence-corrected chi connectivity index (χ1v) is 12.9. The van der Waals surface area contributed by atoms with Crippen molar-refractivity contribution >= 4 is 28.1 Å². The van der Waals surface area contributed by atoms with Crippen LogP contribution in [-0.4, -0.2) is 66.9 Å². The second-order valence-corrected chi connectivity index (χ2v) is 10.4. The molecule has 2 aliphatic rings. The number of ether oxygens (including phenoxy) is 1. The molecule has 37 heavy (non-hydrogen) atoms. The molecule has 1 unspecified atom stereocenters. The summed E-state index contributed by atoms with van der Waals surface area (Å²) in [6.45, 7) is 8.05. The molecular formula is C27H33N7O3. The lowest BCUT2D eigenvalue weighted by Crippen LogP contribution is -2.54. The number of piperazine rings is 1. The molecule has 0 radical (unpaired) electrons. The van der Waals surface area contributed by atoms with E-state index in [0.29, 0.717) is 53.1 Å². The average Bonchev–Trinajstić information content (AvgIpc) is 3.22. The van der Waals surface area contributed by atoms with E-state index in [2.05, 4.69) is 44.3 Å². The van der Waals surface area contributed by atoms with E-state index < -0.39 is 6.23 Å². The van der Waals surface area contributed by atoms with Gasteiger partial charge in [0.15, 0.2) is 17.6 Å². The highest BCUT2D eigenvalue weighted by molar-refractivity contribution is 5.91. The molecule has 3 aromatic heterocycles. The van der Waals surface area contributed by atoms with E-state index in [1.807, 2.05) is 41.9 Å². The second-order valence-electron chi connectivity index (χ2n) is 10.4. The van der Waals surface area contributed by atoms with E-state index >= 15 is 0 Å². The molecule has 1 aromatic carbocycles. The van der Waals surface area contributed by atoms with Gasteiger partial charge in [0, 0.05) is 74.4 Å². The molecular weight excluding hydrogens is 470 g/mol. The maximum Gasteiger partial charge on any atom is 0.180 e. The highest BCUT2D eigenvalue weighted by Gasteiger charge is 2.30. The summed E-state index contributed by atoms with van der Waals surface area (Å²) in [5, 5.41) is 27.7. The molecule has 1 saturated carbocycles. The van der Waals surface area contributed by atoms with Gasteiger partial charge in [-0.2, -0.15) is 0 Å². The smallest absolute Gasteiger partial charge is 0.180 e. The highest BCUT2D eigenvalue weighted by Crippen LogP contribution is 2.34. The van der Waals surface area contributed by atoms with E-state index in [9.17, 15) is 10.2 Å². The number of rotatable bonds is 6. The van der Waals surface area contributed by atoms with Crippen molar-refractivity contribution in [2.45, 2.75) is 64.1 Å². The molecule has 10 nitrogen and oxygen atoms in total. The summed E-state index contributed by atoms with van der Waals surface area (Å²) < 4.78 is 8.04. The van der Waals surface area contributed by atoms with Gasteiger partial charge >= 0.3 is 0 Å². The summed E-state index contributed by atoms with van der Waals surface area (Å²) in [5.74, 6) is 0.615. The Bertz CT molecular complexity index is 1420. The Balaban J connectivity index is 1.31. The first-order valence-electron chi connectivity index (χ1n) is 12.9. The minimum absolute atomic E-state index is 0.0434. The summed E-state index contributed by atoms with van der Waals surface area (Å²) in [6, 6.07) is 6.53. The Morgan fingerprint density at radius 2 is 1.81 bits per heavy atom. The summed E-state index contributed by atoms with van der Waals surface area (Å²) >= 11 is 0. The van der Waals surface area contributed by atoms with Crippen molar-refractivity contribution in [3.05, 3.63) is 54.2 Å². The quantitative estimate of drug-likeness (QED) is 0.294. The van der Waals surface area contributed by atoms with Gasteiger partial charge in [-0.1, -0.05) is 6.07 Å². The molecule has 1 aliphatic carbocycles. The van der Waals surface area contributed by atoms with Crippen LogP contribution in [0.4, 0.5) is 11.4 Å². The number of nitrogens with zero attached hydrogens (tertiary/aromatic N) is 5. The number of anilines is 2. The predicted molar refractivity (Wildman–Crippen MR) is 142 cm³/mol. The zero-order valence-corrected chi connectivity index (χ0v) is 21.3. The van der Waals surface area contributed by atoms with Gasteiger partial charge in [0.25, 0.3) is 0 Å². The second kappa shape index (κ2) is 9.44. The van der Waals surface area contributed by atoms with Crippen LogP contribution in [0.25, 0.3) is 16.7 Å². The molecule has 0 bridgehead atoms. The van der Waals surface area contributed by atoms with E-state index in [1.165, 1.54) is 0 Å². The van der Waals surface area contributed by atoms with Crippen LogP contribution in [0.15, 0.2) is 43.0 Å². The zero-order chi connectivity index (χ0) is 25.7. The fourth-order valence-electron chi connectivity index (χ4n) is 5.47. The molecule has 10 heteroatoms. The number of imidazole rings is 1. The Morgan fingerprint density at radius 3 is 2.54 bits per heavy atom. The highest BCUT2D eigenvalue weighted by atomic mass is 16.5. The van der Waals surface area contributed by atoms with Crippen LogP contribution in [0.1, 0.15) is 44.2 Å². The molecule has 194 valence electrons. The molecule has 0 amide bonds. The van der Waals surface area contributed by atoms with Crippen LogP contribution in [0.5, 0.6) is 5.75 Å². The van der Waals surface area contributed by atoms with Gasteiger partial charge in [-0.3, -0.25) is 9.97 Å². The van der Waals surface area contributed by atoms with Gasteiger partial charge in [0.1, 0.15) is 11.6 Å². The largest absolute Gasteiger partial charge is 0.486 e. The van der Waals surface area contributed by atoms with E-state index in [0.717, 1.165) is 30.0 Å². The molecule has 1 aliphatic heterocycles. The number of aliphatic hydroxyl groups is 2. The summed E-state index contributed by atoms with van der Waals surface area (Å²) in [5.41, 5.74) is 5.36. The van der Waals surface area contributed by atoms with Crippen molar-refractivity contribution < 1.29 is 14.9 Å². The SMILES string of the molecule is Cc1cn2cc(NC(O)c3ccc(N4C[C@@H](C)N[C@@H](C)C4)c4nccnc34)cc(OC3CC(O)C3)c2n1. The normalized spacial score (nSPS) is 24.7. The zero-order valence-electron chi connectivity index (χ0n) is 21.3. The number of nitrogens with one attached hydrogen (secondary N) is 2. The molecule has 4 heterocycles. The number of hydrogen-bond donors (Lipinski definition) is 4. The number of pyridine rings is 1. The first kappa shape index (κ1) is 23.9.